The Morgan fingerprint density at radius 3 is 2.31 bits per heavy atom. The Morgan fingerprint density at radius 1 is 1.12 bits per heavy atom. The van der Waals surface area contributed by atoms with E-state index in [-0.39, 0.29) is 5.92 Å². The number of hydrogen-bond acceptors (Lipinski definition) is 1. The molecule has 16 heavy (non-hydrogen) atoms. The van der Waals surface area contributed by atoms with Gasteiger partial charge >= 0.3 is 0 Å². The van der Waals surface area contributed by atoms with Crippen LogP contribution in [0.15, 0.2) is 24.3 Å². The number of carbonyl (C=O) groups is 1. The minimum Gasteiger partial charge on any atom is -0.303 e. The summed E-state index contributed by atoms with van der Waals surface area (Å²) in [5, 5.41) is 0. The fraction of sp³-hybridized carbons (Fsp3) is 0.500. The van der Waals surface area contributed by atoms with Gasteiger partial charge in [-0.3, -0.25) is 0 Å². The van der Waals surface area contributed by atoms with E-state index in [0.717, 1.165) is 6.29 Å². The molecule has 0 spiro atoms. The zero-order valence-corrected chi connectivity index (χ0v) is 11.5. The van der Waals surface area contributed by atoms with Crippen molar-refractivity contribution >= 4 is 28.9 Å². The maximum absolute atomic E-state index is 11.3. The van der Waals surface area contributed by atoms with Crippen molar-refractivity contribution in [2.75, 3.05) is 0 Å². The first-order chi connectivity index (χ1) is 7.81. The third-order valence-electron chi connectivity index (χ3n) is 3.56. The van der Waals surface area contributed by atoms with E-state index >= 15 is 0 Å². The van der Waals surface area contributed by atoms with Crippen LogP contribution < -0.4 is 0 Å². The maximum Gasteiger partial charge on any atom is 0.127 e. The SMILES string of the molecule is O=CC(c1ccc(I)cc1)C1CCCCC1. The minimum absolute atomic E-state index is 0.122. The highest BCUT2D eigenvalue weighted by molar-refractivity contribution is 14.1. The molecule has 2 heteroatoms. The Bertz CT molecular complexity index is 338. The number of hydrogen-bond donors (Lipinski definition) is 0. The fourth-order valence-corrected chi connectivity index (χ4v) is 3.00. The zero-order chi connectivity index (χ0) is 11.4. The molecule has 86 valence electrons. The minimum atomic E-state index is 0.122. The van der Waals surface area contributed by atoms with E-state index in [1.807, 2.05) is 0 Å². The molecule has 1 aliphatic carbocycles. The second-order valence-corrected chi connectivity index (χ2v) is 5.86. The van der Waals surface area contributed by atoms with Gasteiger partial charge in [-0.1, -0.05) is 31.4 Å². The standard InChI is InChI=1S/C14H17IO/c15-13-8-6-12(7-9-13)14(10-16)11-4-2-1-3-5-11/h6-11,14H,1-5H2. The topological polar surface area (TPSA) is 17.1 Å². The van der Waals surface area contributed by atoms with Gasteiger partial charge in [0.25, 0.3) is 0 Å². The quantitative estimate of drug-likeness (QED) is 0.602. The molecule has 1 unspecified atom stereocenters. The molecule has 0 radical (unpaired) electrons. The highest BCUT2D eigenvalue weighted by Crippen LogP contribution is 2.34. The molecule has 0 aliphatic heterocycles. The number of aldehydes is 1. The monoisotopic (exact) mass is 328 g/mol. The number of halogens is 1. The van der Waals surface area contributed by atoms with Gasteiger partial charge in [0.2, 0.25) is 0 Å². The summed E-state index contributed by atoms with van der Waals surface area (Å²) in [6, 6.07) is 8.40. The molecular formula is C14H17IO. The predicted molar refractivity (Wildman–Crippen MR) is 74.5 cm³/mol. The lowest BCUT2D eigenvalue weighted by Crippen LogP contribution is -2.17. The summed E-state index contributed by atoms with van der Waals surface area (Å²) in [5.74, 6) is 0.698. The smallest absolute Gasteiger partial charge is 0.127 e. The summed E-state index contributed by atoms with van der Waals surface area (Å²) >= 11 is 2.30. The van der Waals surface area contributed by atoms with E-state index in [9.17, 15) is 4.79 Å². The van der Waals surface area contributed by atoms with E-state index in [1.54, 1.807) is 0 Å². The van der Waals surface area contributed by atoms with Crippen molar-refractivity contribution in [1.29, 1.82) is 0 Å². The van der Waals surface area contributed by atoms with Gasteiger partial charge in [0.1, 0.15) is 6.29 Å². The summed E-state index contributed by atoms with van der Waals surface area (Å²) in [5.41, 5.74) is 1.20. The zero-order valence-electron chi connectivity index (χ0n) is 9.36. The number of benzene rings is 1. The molecule has 2 rings (SSSR count). The number of carbonyl (C=O) groups excluding carboxylic acids is 1. The van der Waals surface area contributed by atoms with E-state index in [2.05, 4.69) is 46.9 Å². The van der Waals surface area contributed by atoms with Gasteiger partial charge in [0.15, 0.2) is 0 Å². The third-order valence-corrected chi connectivity index (χ3v) is 4.28. The number of rotatable bonds is 3. The molecule has 1 fully saturated rings. The molecule has 1 aromatic rings. The van der Waals surface area contributed by atoms with Crippen LogP contribution in [0.25, 0.3) is 0 Å². The maximum atomic E-state index is 11.3. The van der Waals surface area contributed by atoms with Crippen LogP contribution in [0.1, 0.15) is 43.6 Å². The average Bonchev–Trinajstić information content (AvgIpc) is 2.34. The van der Waals surface area contributed by atoms with Crippen molar-refractivity contribution in [3.63, 3.8) is 0 Å². The molecule has 0 N–H and O–H groups in total. The normalized spacial score (nSPS) is 19.3. The first-order valence-corrected chi connectivity index (χ1v) is 7.10. The lowest BCUT2D eigenvalue weighted by atomic mass is 9.77. The first kappa shape index (κ1) is 12.1. The summed E-state index contributed by atoms with van der Waals surface area (Å²) in [6.07, 6.45) is 7.51. The van der Waals surface area contributed by atoms with Gasteiger partial charge < -0.3 is 4.79 Å². The molecule has 1 atom stereocenters. The molecule has 1 nitrogen and oxygen atoms in total. The lowest BCUT2D eigenvalue weighted by Gasteiger charge is -2.26. The van der Waals surface area contributed by atoms with Crippen molar-refractivity contribution in [3.8, 4) is 0 Å². The highest BCUT2D eigenvalue weighted by Gasteiger charge is 2.24. The predicted octanol–water partition coefficient (Wildman–Crippen LogP) is 4.15. The van der Waals surface area contributed by atoms with Gasteiger partial charge in [0.05, 0.1) is 0 Å². The van der Waals surface area contributed by atoms with Crippen LogP contribution in [0.2, 0.25) is 0 Å². The van der Waals surface area contributed by atoms with Gasteiger partial charge in [0, 0.05) is 9.49 Å². The molecule has 0 heterocycles. The fourth-order valence-electron chi connectivity index (χ4n) is 2.64. The summed E-state index contributed by atoms with van der Waals surface area (Å²) < 4.78 is 1.23. The van der Waals surface area contributed by atoms with Crippen LogP contribution in [0.4, 0.5) is 0 Å². The van der Waals surface area contributed by atoms with Crippen molar-refractivity contribution < 1.29 is 4.79 Å². The Kier molecular flexibility index (Phi) is 4.38. The lowest BCUT2D eigenvalue weighted by molar-refractivity contribution is -0.110. The molecule has 1 aliphatic rings. The molecule has 0 amide bonds. The highest BCUT2D eigenvalue weighted by atomic mass is 127. The Hall–Kier alpha value is -0.380. The molecule has 1 aromatic carbocycles. The Labute approximate surface area is 111 Å². The van der Waals surface area contributed by atoms with Crippen LogP contribution in [0.3, 0.4) is 0 Å². The van der Waals surface area contributed by atoms with Crippen LogP contribution >= 0.6 is 22.6 Å². The van der Waals surface area contributed by atoms with Crippen LogP contribution in [-0.4, -0.2) is 6.29 Å². The molecule has 0 aromatic heterocycles. The van der Waals surface area contributed by atoms with Crippen molar-refractivity contribution in [2.24, 2.45) is 5.92 Å². The van der Waals surface area contributed by atoms with E-state index in [0.29, 0.717) is 5.92 Å². The van der Waals surface area contributed by atoms with Crippen LogP contribution in [0, 0.1) is 9.49 Å². The van der Waals surface area contributed by atoms with Crippen molar-refractivity contribution in [1.82, 2.24) is 0 Å². The molecule has 0 bridgehead atoms. The largest absolute Gasteiger partial charge is 0.303 e. The average molecular weight is 328 g/mol. The summed E-state index contributed by atoms with van der Waals surface area (Å²) in [6.45, 7) is 0. The molecule has 0 saturated heterocycles. The third kappa shape index (κ3) is 2.84. The van der Waals surface area contributed by atoms with Gasteiger partial charge in [-0.05, 0) is 59.0 Å². The second kappa shape index (κ2) is 5.80. The Morgan fingerprint density at radius 2 is 1.75 bits per heavy atom. The van der Waals surface area contributed by atoms with Gasteiger partial charge in [-0.25, -0.2) is 0 Å². The Balaban J connectivity index is 2.14. The second-order valence-electron chi connectivity index (χ2n) is 4.61. The first-order valence-electron chi connectivity index (χ1n) is 6.02. The van der Waals surface area contributed by atoms with Crippen LogP contribution in [-0.2, 0) is 4.79 Å². The van der Waals surface area contributed by atoms with Crippen LogP contribution in [0.5, 0.6) is 0 Å². The summed E-state index contributed by atoms with van der Waals surface area (Å²) in [7, 11) is 0. The molecular weight excluding hydrogens is 311 g/mol. The van der Waals surface area contributed by atoms with Gasteiger partial charge in [-0.15, -0.1) is 0 Å². The molecule has 1 saturated carbocycles. The van der Waals surface area contributed by atoms with Crippen molar-refractivity contribution in [2.45, 2.75) is 38.0 Å². The van der Waals surface area contributed by atoms with E-state index in [4.69, 9.17) is 0 Å². The van der Waals surface area contributed by atoms with Gasteiger partial charge in [-0.2, -0.15) is 0 Å². The van der Waals surface area contributed by atoms with Crippen molar-refractivity contribution in [3.05, 3.63) is 33.4 Å². The van der Waals surface area contributed by atoms with E-state index < -0.39 is 0 Å². The van der Waals surface area contributed by atoms with E-state index in [1.165, 1.54) is 41.2 Å². The summed E-state index contributed by atoms with van der Waals surface area (Å²) in [4.78, 5) is 11.3.